The molecule has 0 amide bonds. The first-order chi connectivity index (χ1) is 4.86. The topological polar surface area (TPSA) is 12.0 Å². The van der Waals surface area contributed by atoms with Crippen molar-refractivity contribution in [3.05, 3.63) is 23.8 Å². The molecule has 0 saturated heterocycles. The van der Waals surface area contributed by atoms with Crippen molar-refractivity contribution in [1.29, 1.82) is 0 Å². The summed E-state index contributed by atoms with van der Waals surface area (Å²) >= 11 is 5.96. The minimum absolute atomic E-state index is 1.02. The van der Waals surface area contributed by atoms with Crippen LogP contribution in [0.5, 0.6) is 0 Å². The van der Waals surface area contributed by atoms with Crippen LogP contribution >= 0.6 is 24.6 Å². The standard InChI is InChI=1S/C7H7NS2/c9-6-2-1-5-4-10-8-7(5)3-6/h1-3,8-9H,4H2. The van der Waals surface area contributed by atoms with Crippen LogP contribution in [-0.4, -0.2) is 0 Å². The van der Waals surface area contributed by atoms with Crippen LogP contribution in [0.15, 0.2) is 23.1 Å². The predicted molar refractivity (Wildman–Crippen MR) is 48.6 cm³/mol. The molecule has 0 atom stereocenters. The fourth-order valence-corrected chi connectivity index (χ4v) is 2.01. The molecule has 0 aliphatic carbocycles. The molecule has 0 fully saturated rings. The Morgan fingerprint density at radius 2 is 2.40 bits per heavy atom. The molecule has 1 N–H and O–H groups in total. The third-order valence-electron chi connectivity index (χ3n) is 1.50. The van der Waals surface area contributed by atoms with Crippen molar-refractivity contribution >= 4 is 30.3 Å². The lowest BCUT2D eigenvalue weighted by molar-refractivity contribution is 1.39. The molecule has 3 heteroatoms. The first-order valence-corrected chi connectivity index (χ1v) is 4.49. The molecule has 2 rings (SSSR count). The smallest absolute Gasteiger partial charge is 0.0492 e. The van der Waals surface area contributed by atoms with Gasteiger partial charge in [-0.3, -0.25) is 0 Å². The van der Waals surface area contributed by atoms with Gasteiger partial charge in [0.1, 0.15) is 0 Å². The molecule has 1 aromatic rings. The minimum atomic E-state index is 1.02. The van der Waals surface area contributed by atoms with Gasteiger partial charge in [0.15, 0.2) is 0 Å². The predicted octanol–water partition coefficient (Wildman–Crippen LogP) is 2.55. The van der Waals surface area contributed by atoms with Crippen molar-refractivity contribution in [2.45, 2.75) is 10.6 Å². The first kappa shape index (κ1) is 6.43. The lowest BCUT2D eigenvalue weighted by Gasteiger charge is -1.97. The summed E-state index contributed by atoms with van der Waals surface area (Å²) in [6, 6.07) is 6.19. The Morgan fingerprint density at radius 3 is 3.30 bits per heavy atom. The van der Waals surface area contributed by atoms with Crippen LogP contribution in [0.2, 0.25) is 0 Å². The van der Waals surface area contributed by atoms with Crippen LogP contribution < -0.4 is 4.72 Å². The summed E-state index contributed by atoms with van der Waals surface area (Å²) in [6.07, 6.45) is 0. The maximum Gasteiger partial charge on any atom is 0.0492 e. The molecule has 0 spiro atoms. The molecule has 0 saturated carbocycles. The summed E-state index contributed by atoms with van der Waals surface area (Å²) in [7, 11) is 0. The number of nitrogens with one attached hydrogen (secondary N) is 1. The van der Waals surface area contributed by atoms with Gasteiger partial charge in [-0.05, 0) is 29.6 Å². The largest absolute Gasteiger partial charge is 0.329 e. The van der Waals surface area contributed by atoms with E-state index in [0.29, 0.717) is 0 Å². The number of rotatable bonds is 0. The Bertz CT molecular complexity index is 260. The zero-order valence-electron chi connectivity index (χ0n) is 5.29. The third-order valence-corrected chi connectivity index (χ3v) is 2.60. The van der Waals surface area contributed by atoms with E-state index in [1.807, 2.05) is 6.07 Å². The van der Waals surface area contributed by atoms with Gasteiger partial charge in [0.2, 0.25) is 0 Å². The van der Waals surface area contributed by atoms with E-state index >= 15 is 0 Å². The molecule has 0 aromatic heterocycles. The highest BCUT2D eigenvalue weighted by Gasteiger charge is 2.08. The summed E-state index contributed by atoms with van der Waals surface area (Å²) in [5, 5.41) is 0. The number of fused-ring (bicyclic) bond motifs is 1. The van der Waals surface area contributed by atoms with Crippen molar-refractivity contribution in [3.63, 3.8) is 0 Å². The fourth-order valence-electron chi connectivity index (χ4n) is 0.977. The summed E-state index contributed by atoms with van der Waals surface area (Å²) in [4.78, 5) is 1.02. The van der Waals surface area contributed by atoms with E-state index in [-0.39, 0.29) is 0 Å². The Morgan fingerprint density at radius 1 is 1.50 bits per heavy atom. The van der Waals surface area contributed by atoms with Gasteiger partial charge in [-0.2, -0.15) is 0 Å². The van der Waals surface area contributed by atoms with Crippen LogP contribution in [0.4, 0.5) is 5.69 Å². The molecule has 1 nitrogen and oxygen atoms in total. The van der Waals surface area contributed by atoms with E-state index in [4.69, 9.17) is 0 Å². The molecular weight excluding hydrogens is 162 g/mol. The second-order valence-electron chi connectivity index (χ2n) is 2.23. The quantitative estimate of drug-likeness (QED) is 0.457. The average Bonchev–Trinajstić information content (AvgIpc) is 2.33. The van der Waals surface area contributed by atoms with E-state index in [9.17, 15) is 0 Å². The number of hydrogen-bond acceptors (Lipinski definition) is 3. The number of anilines is 1. The first-order valence-electron chi connectivity index (χ1n) is 3.06. The fraction of sp³-hybridized carbons (Fsp3) is 0.143. The third kappa shape index (κ3) is 0.995. The van der Waals surface area contributed by atoms with E-state index < -0.39 is 0 Å². The second-order valence-corrected chi connectivity index (χ2v) is 3.53. The van der Waals surface area contributed by atoms with Gasteiger partial charge in [-0.1, -0.05) is 6.07 Å². The SMILES string of the molecule is Sc1ccc2c(c1)NSC2. The van der Waals surface area contributed by atoms with Crippen molar-refractivity contribution < 1.29 is 0 Å². The summed E-state index contributed by atoms with van der Waals surface area (Å²) in [6.45, 7) is 0. The maximum atomic E-state index is 4.23. The Labute approximate surface area is 69.8 Å². The molecule has 1 aromatic carbocycles. The zero-order chi connectivity index (χ0) is 6.97. The Kier molecular flexibility index (Phi) is 1.54. The summed E-state index contributed by atoms with van der Waals surface area (Å²) < 4.78 is 3.21. The van der Waals surface area contributed by atoms with Gasteiger partial charge in [-0.15, -0.1) is 12.6 Å². The second kappa shape index (κ2) is 2.40. The average molecular weight is 169 g/mol. The Balaban J connectivity index is 2.52. The van der Waals surface area contributed by atoms with Crippen molar-refractivity contribution in [2.75, 3.05) is 4.72 Å². The van der Waals surface area contributed by atoms with Gasteiger partial charge < -0.3 is 4.72 Å². The highest BCUT2D eigenvalue weighted by molar-refractivity contribution is 8.00. The molecule has 1 heterocycles. The monoisotopic (exact) mass is 169 g/mol. The van der Waals surface area contributed by atoms with Crippen LogP contribution in [-0.2, 0) is 5.75 Å². The molecule has 0 radical (unpaired) electrons. The van der Waals surface area contributed by atoms with Crippen molar-refractivity contribution in [1.82, 2.24) is 0 Å². The lowest BCUT2D eigenvalue weighted by Crippen LogP contribution is -1.78. The highest BCUT2D eigenvalue weighted by atomic mass is 32.2. The number of hydrogen-bond donors (Lipinski definition) is 2. The molecule has 1 aliphatic heterocycles. The Hall–Kier alpha value is -0.280. The molecular formula is C7H7NS2. The van der Waals surface area contributed by atoms with Crippen molar-refractivity contribution in [3.8, 4) is 0 Å². The number of thiol groups is 1. The van der Waals surface area contributed by atoms with Gasteiger partial charge in [0.05, 0.1) is 0 Å². The van der Waals surface area contributed by atoms with Gasteiger partial charge in [0.25, 0.3) is 0 Å². The maximum absolute atomic E-state index is 4.23. The van der Waals surface area contributed by atoms with E-state index in [0.717, 1.165) is 10.6 Å². The summed E-state index contributed by atoms with van der Waals surface area (Å²) in [5.41, 5.74) is 2.60. The highest BCUT2D eigenvalue weighted by Crippen LogP contribution is 2.31. The van der Waals surface area contributed by atoms with Gasteiger partial charge in [-0.25, -0.2) is 0 Å². The van der Waals surface area contributed by atoms with Gasteiger partial charge in [0, 0.05) is 16.3 Å². The van der Waals surface area contributed by atoms with Crippen LogP contribution in [0, 0.1) is 0 Å². The molecule has 10 heavy (non-hydrogen) atoms. The molecule has 1 aliphatic rings. The van der Waals surface area contributed by atoms with E-state index in [1.165, 1.54) is 11.3 Å². The zero-order valence-corrected chi connectivity index (χ0v) is 7.01. The van der Waals surface area contributed by atoms with Crippen LogP contribution in [0.3, 0.4) is 0 Å². The summed E-state index contributed by atoms with van der Waals surface area (Å²) in [5.74, 6) is 1.07. The minimum Gasteiger partial charge on any atom is -0.329 e. The molecule has 52 valence electrons. The lowest BCUT2D eigenvalue weighted by atomic mass is 10.2. The van der Waals surface area contributed by atoms with Crippen molar-refractivity contribution in [2.24, 2.45) is 0 Å². The molecule has 0 bridgehead atoms. The number of benzene rings is 1. The van der Waals surface area contributed by atoms with E-state index in [1.54, 1.807) is 11.9 Å². The van der Waals surface area contributed by atoms with Crippen LogP contribution in [0.25, 0.3) is 0 Å². The van der Waals surface area contributed by atoms with E-state index in [2.05, 4.69) is 29.5 Å². The van der Waals surface area contributed by atoms with Gasteiger partial charge >= 0.3 is 0 Å². The molecule has 0 unspecified atom stereocenters. The van der Waals surface area contributed by atoms with Crippen LogP contribution in [0.1, 0.15) is 5.56 Å². The normalized spacial score (nSPS) is 14.5.